The summed E-state index contributed by atoms with van der Waals surface area (Å²) in [4.78, 5) is 16.1. The van der Waals surface area contributed by atoms with Crippen molar-refractivity contribution in [3.05, 3.63) is 54.4 Å². The highest BCUT2D eigenvalue weighted by Crippen LogP contribution is 2.14. The first-order valence-electron chi connectivity index (χ1n) is 6.72. The van der Waals surface area contributed by atoms with Crippen molar-refractivity contribution in [2.45, 2.75) is 24.8 Å². The van der Waals surface area contributed by atoms with Crippen LogP contribution >= 0.6 is 0 Å². The van der Waals surface area contributed by atoms with Crippen LogP contribution in [0.2, 0.25) is 0 Å². The maximum absolute atomic E-state index is 12.2. The standard InChI is InChI=1S/C15H17N3O3S/c1-11(2)18-22(20,21)14-7-3-5-12(9-14)15(19)17-13-6-4-8-16-10-13/h3-11,18H,1-2H3,(H,17,19). The Morgan fingerprint density at radius 3 is 2.59 bits per heavy atom. The van der Waals surface area contributed by atoms with Gasteiger partial charge in [0.15, 0.2) is 0 Å². The van der Waals surface area contributed by atoms with Crippen LogP contribution in [0.4, 0.5) is 5.69 Å². The Kier molecular flexibility index (Phi) is 4.89. The molecule has 22 heavy (non-hydrogen) atoms. The van der Waals surface area contributed by atoms with Crippen molar-refractivity contribution in [3.8, 4) is 0 Å². The summed E-state index contributed by atoms with van der Waals surface area (Å²) >= 11 is 0. The molecule has 0 aliphatic carbocycles. The van der Waals surface area contributed by atoms with E-state index in [9.17, 15) is 13.2 Å². The third kappa shape index (κ3) is 4.12. The molecule has 116 valence electrons. The third-order valence-electron chi connectivity index (χ3n) is 2.72. The number of aromatic nitrogens is 1. The number of carbonyl (C=O) groups excluding carboxylic acids is 1. The van der Waals surface area contributed by atoms with Crippen LogP contribution in [-0.2, 0) is 10.0 Å². The summed E-state index contributed by atoms with van der Waals surface area (Å²) in [6, 6.07) is 9.06. The molecule has 2 N–H and O–H groups in total. The molecule has 0 saturated heterocycles. The second-order valence-electron chi connectivity index (χ2n) is 5.00. The van der Waals surface area contributed by atoms with E-state index in [1.807, 2.05) is 0 Å². The van der Waals surface area contributed by atoms with E-state index in [4.69, 9.17) is 0 Å². The summed E-state index contributed by atoms with van der Waals surface area (Å²) in [7, 11) is -3.63. The second kappa shape index (κ2) is 6.67. The number of rotatable bonds is 5. The Labute approximate surface area is 129 Å². The second-order valence-corrected chi connectivity index (χ2v) is 6.71. The molecular weight excluding hydrogens is 302 g/mol. The minimum absolute atomic E-state index is 0.0556. The van der Waals surface area contributed by atoms with Crippen LogP contribution in [0.5, 0.6) is 0 Å². The lowest BCUT2D eigenvalue weighted by Gasteiger charge is -2.10. The van der Waals surface area contributed by atoms with Crippen LogP contribution in [-0.4, -0.2) is 25.4 Å². The molecule has 0 atom stereocenters. The zero-order valence-corrected chi connectivity index (χ0v) is 13.1. The molecule has 7 heteroatoms. The Bertz CT molecular complexity index is 759. The van der Waals surface area contributed by atoms with E-state index in [1.54, 1.807) is 38.2 Å². The molecule has 0 bridgehead atoms. The average molecular weight is 319 g/mol. The van der Waals surface area contributed by atoms with E-state index in [0.29, 0.717) is 5.69 Å². The normalized spacial score (nSPS) is 11.4. The lowest BCUT2D eigenvalue weighted by atomic mass is 10.2. The first kappa shape index (κ1) is 16.1. The topological polar surface area (TPSA) is 88.2 Å². The molecule has 1 amide bonds. The molecule has 0 saturated carbocycles. The molecule has 0 radical (unpaired) electrons. The highest BCUT2D eigenvalue weighted by atomic mass is 32.2. The number of hydrogen-bond donors (Lipinski definition) is 2. The monoisotopic (exact) mass is 319 g/mol. The molecule has 0 aliphatic heterocycles. The lowest BCUT2D eigenvalue weighted by Crippen LogP contribution is -2.30. The highest BCUT2D eigenvalue weighted by molar-refractivity contribution is 7.89. The minimum atomic E-state index is -3.63. The first-order valence-corrected chi connectivity index (χ1v) is 8.20. The van der Waals surface area contributed by atoms with Crippen molar-refractivity contribution < 1.29 is 13.2 Å². The molecule has 1 aromatic heterocycles. The molecule has 2 aromatic rings. The van der Waals surface area contributed by atoms with Crippen LogP contribution in [0.1, 0.15) is 24.2 Å². The van der Waals surface area contributed by atoms with Gasteiger partial charge in [0.05, 0.1) is 16.8 Å². The smallest absolute Gasteiger partial charge is 0.255 e. The van der Waals surface area contributed by atoms with Gasteiger partial charge in [0.1, 0.15) is 0 Å². The van der Waals surface area contributed by atoms with Crippen LogP contribution in [0.15, 0.2) is 53.7 Å². The highest BCUT2D eigenvalue weighted by Gasteiger charge is 2.17. The van der Waals surface area contributed by atoms with Gasteiger partial charge in [0.25, 0.3) is 5.91 Å². The maximum atomic E-state index is 12.2. The van der Waals surface area contributed by atoms with Gasteiger partial charge in [-0.1, -0.05) is 6.07 Å². The molecule has 6 nitrogen and oxygen atoms in total. The van der Waals surface area contributed by atoms with Gasteiger partial charge in [0.2, 0.25) is 10.0 Å². The number of anilines is 1. The van der Waals surface area contributed by atoms with Crippen LogP contribution < -0.4 is 10.0 Å². The maximum Gasteiger partial charge on any atom is 0.255 e. The zero-order chi connectivity index (χ0) is 16.2. The van der Waals surface area contributed by atoms with E-state index >= 15 is 0 Å². The largest absolute Gasteiger partial charge is 0.321 e. The predicted molar refractivity (Wildman–Crippen MR) is 84.1 cm³/mol. The summed E-state index contributed by atoms with van der Waals surface area (Å²) in [5.74, 6) is -0.394. The number of hydrogen-bond acceptors (Lipinski definition) is 4. The Morgan fingerprint density at radius 1 is 1.18 bits per heavy atom. The summed E-state index contributed by atoms with van der Waals surface area (Å²) in [5, 5.41) is 2.66. The van der Waals surface area contributed by atoms with Crippen molar-refractivity contribution >= 4 is 21.6 Å². The number of pyridine rings is 1. The van der Waals surface area contributed by atoms with E-state index in [2.05, 4.69) is 15.0 Å². The van der Waals surface area contributed by atoms with Gasteiger partial charge in [-0.2, -0.15) is 0 Å². The summed E-state index contributed by atoms with van der Waals surface area (Å²) < 4.78 is 26.7. The fourth-order valence-corrected chi connectivity index (χ4v) is 3.12. The van der Waals surface area contributed by atoms with Gasteiger partial charge in [0, 0.05) is 17.8 Å². The Balaban J connectivity index is 2.23. The van der Waals surface area contributed by atoms with Gasteiger partial charge in [-0.3, -0.25) is 9.78 Å². The summed E-state index contributed by atoms with van der Waals surface area (Å²) in [5.41, 5.74) is 0.802. The van der Waals surface area contributed by atoms with Gasteiger partial charge >= 0.3 is 0 Å². The van der Waals surface area contributed by atoms with E-state index in [1.165, 1.54) is 24.4 Å². The van der Waals surface area contributed by atoms with Gasteiger partial charge < -0.3 is 5.32 Å². The van der Waals surface area contributed by atoms with Crippen LogP contribution in [0.3, 0.4) is 0 Å². The molecule has 0 fully saturated rings. The number of nitrogens with one attached hydrogen (secondary N) is 2. The van der Waals surface area contributed by atoms with Crippen molar-refractivity contribution in [2.24, 2.45) is 0 Å². The fraction of sp³-hybridized carbons (Fsp3) is 0.200. The van der Waals surface area contributed by atoms with Crippen molar-refractivity contribution in [1.82, 2.24) is 9.71 Å². The van der Waals surface area contributed by atoms with Crippen molar-refractivity contribution in [3.63, 3.8) is 0 Å². The molecule has 0 unspecified atom stereocenters. The van der Waals surface area contributed by atoms with Gasteiger partial charge in [-0.15, -0.1) is 0 Å². The average Bonchev–Trinajstić information content (AvgIpc) is 2.47. The van der Waals surface area contributed by atoms with Crippen molar-refractivity contribution in [2.75, 3.05) is 5.32 Å². The number of nitrogens with zero attached hydrogens (tertiary/aromatic N) is 1. The molecule has 1 heterocycles. The molecule has 0 spiro atoms. The summed E-state index contributed by atoms with van der Waals surface area (Å²) in [6.45, 7) is 3.47. The van der Waals surface area contributed by atoms with Gasteiger partial charge in [-0.05, 0) is 44.2 Å². The molecule has 0 aliphatic rings. The Hall–Kier alpha value is -2.25. The summed E-state index contributed by atoms with van der Waals surface area (Å²) in [6.07, 6.45) is 3.11. The van der Waals surface area contributed by atoms with E-state index in [0.717, 1.165) is 0 Å². The van der Waals surface area contributed by atoms with E-state index in [-0.39, 0.29) is 16.5 Å². The van der Waals surface area contributed by atoms with Crippen LogP contribution in [0.25, 0.3) is 0 Å². The van der Waals surface area contributed by atoms with Crippen LogP contribution in [0, 0.1) is 0 Å². The predicted octanol–water partition coefficient (Wildman–Crippen LogP) is 2.02. The van der Waals surface area contributed by atoms with Gasteiger partial charge in [-0.25, -0.2) is 13.1 Å². The number of amides is 1. The number of benzene rings is 1. The molecular formula is C15H17N3O3S. The quantitative estimate of drug-likeness (QED) is 0.882. The third-order valence-corrected chi connectivity index (χ3v) is 4.37. The first-order chi connectivity index (χ1) is 10.4. The van der Waals surface area contributed by atoms with Crippen molar-refractivity contribution in [1.29, 1.82) is 0 Å². The number of sulfonamides is 1. The Morgan fingerprint density at radius 2 is 1.95 bits per heavy atom. The van der Waals surface area contributed by atoms with E-state index < -0.39 is 15.9 Å². The molecule has 2 rings (SSSR count). The zero-order valence-electron chi connectivity index (χ0n) is 12.3. The minimum Gasteiger partial charge on any atom is -0.321 e. The molecule has 1 aromatic carbocycles. The fourth-order valence-electron chi connectivity index (χ4n) is 1.82. The SMILES string of the molecule is CC(C)NS(=O)(=O)c1cccc(C(=O)Nc2cccnc2)c1. The lowest BCUT2D eigenvalue weighted by molar-refractivity contribution is 0.102. The number of carbonyl (C=O) groups is 1.